The molecule has 1 aromatic heterocycles. The van der Waals surface area contributed by atoms with E-state index >= 15 is 0 Å². The van der Waals surface area contributed by atoms with Crippen molar-refractivity contribution in [1.82, 2.24) is 9.80 Å². The predicted molar refractivity (Wildman–Crippen MR) is 108 cm³/mol. The molecule has 0 atom stereocenters. The number of ether oxygens (including phenoxy) is 2. The summed E-state index contributed by atoms with van der Waals surface area (Å²) in [6.45, 7) is 3.10. The summed E-state index contributed by atoms with van der Waals surface area (Å²) < 4.78 is 39.0. The lowest BCUT2D eigenvalue weighted by atomic mass is 10.3. The molecule has 0 N–H and O–H groups in total. The summed E-state index contributed by atoms with van der Waals surface area (Å²) in [4.78, 5) is 16.4. The van der Waals surface area contributed by atoms with E-state index in [0.29, 0.717) is 44.2 Å². The molecule has 0 bridgehead atoms. The summed E-state index contributed by atoms with van der Waals surface area (Å²) >= 11 is 0. The van der Waals surface area contributed by atoms with Crippen LogP contribution in [0.2, 0.25) is 0 Å². The van der Waals surface area contributed by atoms with Gasteiger partial charge in [-0.3, -0.25) is 9.69 Å². The van der Waals surface area contributed by atoms with Crippen molar-refractivity contribution in [2.45, 2.75) is 6.61 Å². The molecule has 2 aromatic rings. The van der Waals surface area contributed by atoms with Crippen LogP contribution >= 0.6 is 0 Å². The van der Waals surface area contributed by atoms with Crippen LogP contribution in [0.15, 0.2) is 40.8 Å². The molecule has 2 heterocycles. The summed E-state index contributed by atoms with van der Waals surface area (Å²) in [5, 5.41) is 0. The lowest BCUT2D eigenvalue weighted by Crippen LogP contribution is -2.49. The van der Waals surface area contributed by atoms with Crippen molar-refractivity contribution >= 4 is 15.7 Å². The summed E-state index contributed by atoms with van der Waals surface area (Å²) in [6.07, 6.45) is 1.24. The van der Waals surface area contributed by atoms with E-state index in [4.69, 9.17) is 13.9 Å². The number of methoxy groups -OCH3 is 1. The zero-order valence-electron chi connectivity index (χ0n) is 16.7. The molecule has 3 rings (SSSR count). The molecule has 1 saturated heterocycles. The molecule has 0 radical (unpaired) electrons. The van der Waals surface area contributed by atoms with Gasteiger partial charge in [-0.15, -0.1) is 0 Å². The topological polar surface area (TPSA) is 89.3 Å². The number of amides is 1. The Morgan fingerprint density at radius 3 is 2.31 bits per heavy atom. The number of hydrogen-bond acceptors (Lipinski definition) is 7. The molecule has 1 aliphatic heterocycles. The monoisotopic (exact) mass is 422 g/mol. The number of rotatable bonds is 8. The molecule has 1 aliphatic rings. The summed E-state index contributed by atoms with van der Waals surface area (Å²) in [7, 11) is -1.37. The minimum atomic E-state index is -2.98. The van der Waals surface area contributed by atoms with E-state index in [0.717, 1.165) is 5.75 Å². The molecular formula is C20H26N2O6S. The molecule has 158 valence electrons. The lowest BCUT2D eigenvalue weighted by molar-refractivity contribution is 0.0609. The van der Waals surface area contributed by atoms with E-state index in [2.05, 4.69) is 4.90 Å². The Hall–Kier alpha value is -2.52. The van der Waals surface area contributed by atoms with Gasteiger partial charge in [0.25, 0.3) is 5.91 Å². The Bertz CT molecular complexity index is 915. The van der Waals surface area contributed by atoms with Crippen molar-refractivity contribution in [3.05, 3.63) is 47.9 Å². The van der Waals surface area contributed by atoms with Gasteiger partial charge in [0.2, 0.25) is 0 Å². The number of hydrogen-bond donors (Lipinski definition) is 0. The van der Waals surface area contributed by atoms with E-state index in [1.165, 1.54) is 6.26 Å². The van der Waals surface area contributed by atoms with Gasteiger partial charge in [0.15, 0.2) is 5.76 Å². The number of carbonyl (C=O) groups is 1. The molecular weight excluding hydrogens is 396 g/mol. The molecule has 1 aromatic carbocycles. The Balaban J connectivity index is 1.48. The Kier molecular flexibility index (Phi) is 6.81. The predicted octanol–water partition coefficient (Wildman–Crippen LogP) is 1.67. The first-order valence-corrected chi connectivity index (χ1v) is 11.4. The maximum Gasteiger partial charge on any atom is 0.289 e. The van der Waals surface area contributed by atoms with Gasteiger partial charge in [-0.2, -0.15) is 0 Å². The van der Waals surface area contributed by atoms with Gasteiger partial charge >= 0.3 is 0 Å². The van der Waals surface area contributed by atoms with E-state index in [1.807, 2.05) is 12.1 Å². The van der Waals surface area contributed by atoms with Crippen molar-refractivity contribution in [2.75, 3.05) is 51.8 Å². The third kappa shape index (κ3) is 6.23. The average molecular weight is 423 g/mol. The van der Waals surface area contributed by atoms with Gasteiger partial charge in [-0.25, -0.2) is 8.42 Å². The lowest BCUT2D eigenvalue weighted by Gasteiger charge is -2.34. The molecule has 0 saturated carbocycles. The second kappa shape index (κ2) is 9.32. The molecule has 0 aliphatic carbocycles. The third-order valence-electron chi connectivity index (χ3n) is 4.75. The highest BCUT2D eigenvalue weighted by Gasteiger charge is 2.24. The zero-order valence-corrected chi connectivity index (χ0v) is 17.5. The summed E-state index contributed by atoms with van der Waals surface area (Å²) in [5.41, 5.74) is 0. The smallest absolute Gasteiger partial charge is 0.289 e. The van der Waals surface area contributed by atoms with Crippen LogP contribution in [-0.2, 0) is 16.4 Å². The number of furan rings is 1. The molecule has 9 heteroatoms. The molecule has 1 amide bonds. The van der Waals surface area contributed by atoms with Gasteiger partial charge in [-0.05, 0) is 36.4 Å². The second-order valence-corrected chi connectivity index (χ2v) is 9.25. The first-order chi connectivity index (χ1) is 13.8. The highest BCUT2D eigenvalue weighted by Crippen LogP contribution is 2.19. The standard InChI is InChI=1S/C20H26N2O6S/c1-26-16-3-5-17(6-4-16)27-15-18-7-8-19(28-18)20(23)22-11-9-21(10-12-22)13-14-29(2,24)25/h3-8H,9-15H2,1-2H3. The normalized spacial score (nSPS) is 15.3. The van der Waals surface area contributed by atoms with Crippen LogP contribution in [0.1, 0.15) is 16.3 Å². The van der Waals surface area contributed by atoms with Crippen LogP contribution in [0.3, 0.4) is 0 Å². The number of benzene rings is 1. The number of sulfone groups is 1. The summed E-state index contributed by atoms with van der Waals surface area (Å²) in [6, 6.07) is 10.6. The zero-order chi connectivity index (χ0) is 20.9. The van der Waals surface area contributed by atoms with Crippen LogP contribution in [0.5, 0.6) is 11.5 Å². The van der Waals surface area contributed by atoms with Gasteiger partial charge in [-0.1, -0.05) is 0 Å². The first kappa shape index (κ1) is 21.2. The molecule has 29 heavy (non-hydrogen) atoms. The van der Waals surface area contributed by atoms with Crippen LogP contribution in [-0.4, -0.2) is 76.0 Å². The van der Waals surface area contributed by atoms with Crippen molar-refractivity contribution in [3.8, 4) is 11.5 Å². The second-order valence-electron chi connectivity index (χ2n) is 6.99. The SMILES string of the molecule is COc1ccc(OCc2ccc(C(=O)N3CCN(CCS(C)(=O)=O)CC3)o2)cc1. The fourth-order valence-corrected chi connectivity index (χ4v) is 3.61. The van der Waals surface area contributed by atoms with E-state index in [1.54, 1.807) is 36.3 Å². The Labute approximate surface area is 170 Å². The maximum absolute atomic E-state index is 12.6. The largest absolute Gasteiger partial charge is 0.497 e. The molecule has 0 spiro atoms. The van der Waals surface area contributed by atoms with Crippen molar-refractivity contribution in [2.24, 2.45) is 0 Å². The van der Waals surface area contributed by atoms with E-state index < -0.39 is 9.84 Å². The molecule has 8 nitrogen and oxygen atoms in total. The molecule has 0 unspecified atom stereocenters. The van der Waals surface area contributed by atoms with Gasteiger partial charge < -0.3 is 18.8 Å². The Morgan fingerprint density at radius 1 is 1.03 bits per heavy atom. The van der Waals surface area contributed by atoms with Crippen molar-refractivity contribution in [1.29, 1.82) is 0 Å². The van der Waals surface area contributed by atoms with Crippen LogP contribution in [0.4, 0.5) is 0 Å². The Morgan fingerprint density at radius 2 is 1.69 bits per heavy atom. The van der Waals surface area contributed by atoms with E-state index in [-0.39, 0.29) is 24.0 Å². The maximum atomic E-state index is 12.6. The quantitative estimate of drug-likeness (QED) is 0.639. The van der Waals surface area contributed by atoms with Crippen LogP contribution in [0.25, 0.3) is 0 Å². The van der Waals surface area contributed by atoms with Gasteiger partial charge in [0, 0.05) is 39.0 Å². The van der Waals surface area contributed by atoms with Crippen molar-refractivity contribution < 1.29 is 27.1 Å². The van der Waals surface area contributed by atoms with Crippen LogP contribution in [0, 0.1) is 0 Å². The average Bonchev–Trinajstić information content (AvgIpc) is 3.19. The highest BCUT2D eigenvalue weighted by atomic mass is 32.2. The summed E-state index contributed by atoms with van der Waals surface area (Å²) in [5.74, 6) is 2.25. The van der Waals surface area contributed by atoms with Gasteiger partial charge in [0.1, 0.15) is 33.7 Å². The van der Waals surface area contributed by atoms with Gasteiger partial charge in [0.05, 0.1) is 12.9 Å². The highest BCUT2D eigenvalue weighted by molar-refractivity contribution is 7.90. The fourth-order valence-electron chi connectivity index (χ4n) is 3.02. The fraction of sp³-hybridized carbons (Fsp3) is 0.450. The minimum absolute atomic E-state index is 0.136. The van der Waals surface area contributed by atoms with Crippen molar-refractivity contribution in [3.63, 3.8) is 0 Å². The third-order valence-corrected chi connectivity index (χ3v) is 5.67. The van der Waals surface area contributed by atoms with Crippen LogP contribution < -0.4 is 9.47 Å². The number of carbonyl (C=O) groups excluding carboxylic acids is 1. The first-order valence-electron chi connectivity index (χ1n) is 9.39. The number of nitrogens with zero attached hydrogens (tertiary/aromatic N) is 2. The number of piperazine rings is 1. The minimum Gasteiger partial charge on any atom is -0.497 e. The molecule has 1 fully saturated rings. The van der Waals surface area contributed by atoms with E-state index in [9.17, 15) is 13.2 Å².